The minimum absolute atomic E-state index is 0.639. The van der Waals surface area contributed by atoms with Crippen LogP contribution in [0.2, 0.25) is 0 Å². The first-order valence-corrected chi connectivity index (χ1v) is 14.3. The minimum atomic E-state index is 0.639. The van der Waals surface area contributed by atoms with E-state index in [1.807, 2.05) is 78.9 Å². The molecule has 0 aliphatic carbocycles. The molecule has 0 radical (unpaired) electrons. The summed E-state index contributed by atoms with van der Waals surface area (Å²) in [5.74, 6) is 1.94. The highest BCUT2D eigenvalue weighted by atomic mass is 16.3. The molecular weight excluding hydrogens is 526 g/mol. The van der Waals surface area contributed by atoms with Crippen molar-refractivity contribution in [2.75, 3.05) is 0 Å². The van der Waals surface area contributed by atoms with E-state index in [1.165, 1.54) is 0 Å². The summed E-state index contributed by atoms with van der Waals surface area (Å²) in [4.78, 5) is 14.7. The molecule has 6 aromatic carbocycles. The molecule has 0 spiro atoms. The Morgan fingerprint density at radius 1 is 0.349 bits per heavy atom. The summed E-state index contributed by atoms with van der Waals surface area (Å²) in [5.41, 5.74) is 9.12. The zero-order chi connectivity index (χ0) is 28.6. The molecule has 0 saturated carbocycles. The summed E-state index contributed by atoms with van der Waals surface area (Å²) < 4.78 is 6.16. The lowest BCUT2D eigenvalue weighted by Gasteiger charge is -2.11. The number of nitrogens with zero attached hydrogens (tertiary/aromatic N) is 3. The number of fused-ring (bicyclic) bond motifs is 3. The van der Waals surface area contributed by atoms with Crippen LogP contribution in [0.15, 0.2) is 156 Å². The Kier molecular flexibility index (Phi) is 6.08. The fraction of sp³-hybridized carbons (Fsp3) is 0. The number of hydrogen-bond donors (Lipinski definition) is 0. The average molecular weight is 552 g/mol. The van der Waals surface area contributed by atoms with Crippen molar-refractivity contribution in [3.05, 3.63) is 152 Å². The predicted octanol–water partition coefficient (Wildman–Crippen LogP) is 10.1. The summed E-state index contributed by atoms with van der Waals surface area (Å²) in [5, 5.41) is 2.26. The summed E-state index contributed by atoms with van der Waals surface area (Å²) in [6, 6.07) is 51.7. The van der Waals surface area contributed by atoms with Gasteiger partial charge < -0.3 is 4.42 Å². The Labute approximate surface area is 249 Å². The normalized spacial score (nSPS) is 11.3. The zero-order valence-corrected chi connectivity index (χ0v) is 23.2. The van der Waals surface area contributed by atoms with Gasteiger partial charge in [0.15, 0.2) is 17.5 Å². The number of benzene rings is 6. The Bertz CT molecular complexity index is 2180. The number of para-hydroxylation sites is 1. The van der Waals surface area contributed by atoms with Crippen LogP contribution >= 0.6 is 0 Å². The lowest BCUT2D eigenvalue weighted by atomic mass is 9.95. The van der Waals surface area contributed by atoms with Crippen molar-refractivity contribution in [2.45, 2.75) is 0 Å². The first-order valence-electron chi connectivity index (χ1n) is 14.3. The maximum atomic E-state index is 6.16. The summed E-state index contributed by atoms with van der Waals surface area (Å²) in [6.45, 7) is 0. The second-order valence-electron chi connectivity index (χ2n) is 10.5. The van der Waals surface area contributed by atoms with Gasteiger partial charge in [-0.2, -0.15) is 0 Å². The first-order chi connectivity index (χ1) is 21.3. The lowest BCUT2D eigenvalue weighted by molar-refractivity contribution is 0.669. The molecule has 0 aliphatic heterocycles. The third-order valence-corrected chi connectivity index (χ3v) is 7.73. The third kappa shape index (κ3) is 4.65. The molecule has 0 N–H and O–H groups in total. The summed E-state index contributed by atoms with van der Waals surface area (Å²) in [7, 11) is 0. The van der Waals surface area contributed by atoms with Crippen molar-refractivity contribution in [1.82, 2.24) is 15.0 Å². The third-order valence-electron chi connectivity index (χ3n) is 7.73. The van der Waals surface area contributed by atoms with Crippen molar-refractivity contribution in [2.24, 2.45) is 0 Å². The lowest BCUT2D eigenvalue weighted by Crippen LogP contribution is -2.00. The second kappa shape index (κ2) is 10.5. The highest BCUT2D eigenvalue weighted by Gasteiger charge is 2.15. The van der Waals surface area contributed by atoms with Gasteiger partial charge in [0.2, 0.25) is 0 Å². The van der Waals surface area contributed by atoms with E-state index < -0.39 is 0 Å². The maximum absolute atomic E-state index is 6.16. The molecule has 202 valence electrons. The van der Waals surface area contributed by atoms with Crippen LogP contribution in [-0.4, -0.2) is 15.0 Å². The molecule has 0 aliphatic rings. The second-order valence-corrected chi connectivity index (χ2v) is 10.5. The highest BCUT2D eigenvalue weighted by Crippen LogP contribution is 2.38. The van der Waals surface area contributed by atoms with E-state index in [1.54, 1.807) is 0 Å². The molecule has 0 unspecified atom stereocenters. The molecule has 0 saturated heterocycles. The molecular formula is C39H25N3O. The van der Waals surface area contributed by atoms with Gasteiger partial charge in [-0.1, -0.05) is 127 Å². The SMILES string of the molecule is c1ccc(-c2nc(-c3ccccc3)nc(-c3cccc(-c4cccc(-c5cccc6oc7ccccc7c56)c4)c3)n2)cc1. The predicted molar refractivity (Wildman–Crippen MR) is 174 cm³/mol. The van der Waals surface area contributed by atoms with Crippen LogP contribution in [0.1, 0.15) is 0 Å². The van der Waals surface area contributed by atoms with Gasteiger partial charge in [0.1, 0.15) is 11.2 Å². The smallest absolute Gasteiger partial charge is 0.164 e. The van der Waals surface area contributed by atoms with Gasteiger partial charge in [-0.3, -0.25) is 0 Å². The Morgan fingerprint density at radius 3 is 1.49 bits per heavy atom. The number of hydrogen-bond acceptors (Lipinski definition) is 4. The standard InChI is InChI=1S/C39H25N3O/c1-3-12-26(13-4-1)37-40-38(27-14-5-2-6-15-27)42-39(41-37)31-19-10-17-29(25-31)28-16-9-18-30(24-28)32-21-11-23-35-36(32)33-20-7-8-22-34(33)43-35/h1-25H. The van der Waals surface area contributed by atoms with Gasteiger partial charge in [0.05, 0.1) is 0 Å². The van der Waals surface area contributed by atoms with E-state index in [2.05, 4.69) is 72.8 Å². The molecule has 4 nitrogen and oxygen atoms in total. The van der Waals surface area contributed by atoms with E-state index in [4.69, 9.17) is 19.4 Å². The van der Waals surface area contributed by atoms with Gasteiger partial charge in [-0.25, -0.2) is 15.0 Å². The van der Waals surface area contributed by atoms with Crippen LogP contribution in [0, 0.1) is 0 Å². The quantitative estimate of drug-likeness (QED) is 0.214. The van der Waals surface area contributed by atoms with Gasteiger partial charge >= 0.3 is 0 Å². The molecule has 2 aromatic heterocycles. The van der Waals surface area contributed by atoms with Crippen LogP contribution in [0.25, 0.3) is 78.4 Å². The van der Waals surface area contributed by atoms with Crippen molar-refractivity contribution < 1.29 is 4.42 Å². The molecule has 0 amide bonds. The van der Waals surface area contributed by atoms with E-state index >= 15 is 0 Å². The van der Waals surface area contributed by atoms with Crippen LogP contribution in [0.5, 0.6) is 0 Å². The van der Waals surface area contributed by atoms with E-state index in [-0.39, 0.29) is 0 Å². The fourth-order valence-corrected chi connectivity index (χ4v) is 5.66. The minimum Gasteiger partial charge on any atom is -0.456 e. The average Bonchev–Trinajstić information content (AvgIpc) is 3.48. The molecule has 8 rings (SSSR count). The Balaban J connectivity index is 1.23. The largest absolute Gasteiger partial charge is 0.456 e. The van der Waals surface area contributed by atoms with Gasteiger partial charge in [0.25, 0.3) is 0 Å². The van der Waals surface area contributed by atoms with E-state index in [0.717, 1.165) is 60.9 Å². The number of aromatic nitrogens is 3. The molecule has 4 heteroatoms. The van der Waals surface area contributed by atoms with Gasteiger partial charge in [-0.15, -0.1) is 0 Å². The van der Waals surface area contributed by atoms with Crippen molar-refractivity contribution in [1.29, 1.82) is 0 Å². The number of rotatable bonds is 5. The molecule has 43 heavy (non-hydrogen) atoms. The van der Waals surface area contributed by atoms with Gasteiger partial charge in [-0.05, 0) is 46.5 Å². The van der Waals surface area contributed by atoms with Crippen LogP contribution in [0.3, 0.4) is 0 Å². The zero-order valence-electron chi connectivity index (χ0n) is 23.2. The van der Waals surface area contributed by atoms with Crippen molar-refractivity contribution in [3.63, 3.8) is 0 Å². The fourth-order valence-electron chi connectivity index (χ4n) is 5.66. The molecule has 8 aromatic rings. The van der Waals surface area contributed by atoms with Crippen LogP contribution < -0.4 is 0 Å². The summed E-state index contributed by atoms with van der Waals surface area (Å²) >= 11 is 0. The van der Waals surface area contributed by atoms with E-state index in [9.17, 15) is 0 Å². The topological polar surface area (TPSA) is 51.8 Å². The van der Waals surface area contributed by atoms with E-state index in [0.29, 0.717) is 17.5 Å². The van der Waals surface area contributed by atoms with Gasteiger partial charge in [0, 0.05) is 27.5 Å². The summed E-state index contributed by atoms with van der Waals surface area (Å²) in [6.07, 6.45) is 0. The Morgan fingerprint density at radius 2 is 0.814 bits per heavy atom. The maximum Gasteiger partial charge on any atom is 0.164 e. The Hall–Kier alpha value is -5.87. The molecule has 2 heterocycles. The molecule has 0 atom stereocenters. The number of furan rings is 1. The van der Waals surface area contributed by atoms with Crippen molar-refractivity contribution >= 4 is 21.9 Å². The monoisotopic (exact) mass is 551 g/mol. The molecule has 0 fully saturated rings. The van der Waals surface area contributed by atoms with Crippen LogP contribution in [0.4, 0.5) is 0 Å². The van der Waals surface area contributed by atoms with Crippen LogP contribution in [-0.2, 0) is 0 Å². The molecule has 0 bridgehead atoms. The highest BCUT2D eigenvalue weighted by molar-refractivity contribution is 6.12. The van der Waals surface area contributed by atoms with Crippen molar-refractivity contribution in [3.8, 4) is 56.4 Å². The first kappa shape index (κ1) is 24.9.